The fourth-order valence-electron chi connectivity index (χ4n) is 0.885. The first-order valence-corrected chi connectivity index (χ1v) is 6.39. The molecule has 2 unspecified atom stereocenters. The van der Waals surface area contributed by atoms with Gasteiger partial charge in [-0.25, -0.2) is 4.90 Å². The van der Waals surface area contributed by atoms with Crippen molar-refractivity contribution in [3.63, 3.8) is 0 Å². The van der Waals surface area contributed by atoms with Gasteiger partial charge in [0.2, 0.25) is 0 Å². The molecule has 0 saturated carbocycles. The van der Waals surface area contributed by atoms with Crippen LogP contribution in [0.1, 0.15) is 0 Å². The molecule has 7 nitrogen and oxygen atoms in total. The van der Waals surface area contributed by atoms with Gasteiger partial charge in [-0.15, -0.1) is 22.9 Å². The van der Waals surface area contributed by atoms with Crippen molar-refractivity contribution in [1.82, 2.24) is 4.90 Å². The van der Waals surface area contributed by atoms with Crippen LogP contribution < -0.4 is 0 Å². The largest absolute Gasteiger partial charge is 0.699 e. The predicted octanol–water partition coefficient (Wildman–Crippen LogP) is 1.28. The Balaban J connectivity index is 4.62. The number of nitrogens with zero attached hydrogens (tertiary/aromatic N) is 1. The Hall–Kier alpha value is -0.520. The van der Waals surface area contributed by atoms with E-state index < -0.39 is 22.9 Å². The second kappa shape index (κ2) is 8.61. The SMILES string of the molecule is C=CCN(CC=C)C(O[P+](=O)O)O[P+](=O)O. The number of rotatable bonds is 9. The van der Waals surface area contributed by atoms with Crippen LogP contribution in [0.4, 0.5) is 0 Å². The number of hydrogen-bond donors (Lipinski definition) is 2. The zero-order chi connectivity index (χ0) is 12.6. The summed E-state index contributed by atoms with van der Waals surface area (Å²) in [6, 6.07) is 0. The van der Waals surface area contributed by atoms with E-state index in [1.165, 1.54) is 17.1 Å². The van der Waals surface area contributed by atoms with E-state index in [1.54, 1.807) is 0 Å². The lowest BCUT2D eigenvalue weighted by molar-refractivity contribution is -0.108. The minimum Gasteiger partial charge on any atom is -0.240 e. The van der Waals surface area contributed by atoms with Crippen molar-refractivity contribution >= 4 is 16.5 Å². The molecular weight excluding hydrogens is 256 g/mol. The van der Waals surface area contributed by atoms with Crippen LogP contribution in [-0.4, -0.2) is 34.2 Å². The van der Waals surface area contributed by atoms with Gasteiger partial charge in [-0.2, -0.15) is 0 Å². The van der Waals surface area contributed by atoms with Crippen molar-refractivity contribution in [1.29, 1.82) is 0 Å². The Bertz CT molecular complexity index is 258. The van der Waals surface area contributed by atoms with Crippen molar-refractivity contribution in [2.75, 3.05) is 13.1 Å². The molecule has 16 heavy (non-hydrogen) atoms. The summed E-state index contributed by atoms with van der Waals surface area (Å²) in [6.07, 6.45) is 1.56. The van der Waals surface area contributed by atoms with Gasteiger partial charge in [-0.3, -0.25) is 0 Å². The first-order chi connectivity index (χ1) is 7.51. The first kappa shape index (κ1) is 15.5. The molecule has 2 atom stereocenters. The van der Waals surface area contributed by atoms with Crippen LogP contribution in [0.3, 0.4) is 0 Å². The summed E-state index contributed by atoms with van der Waals surface area (Å²) in [7, 11) is -5.90. The molecule has 0 aliphatic rings. The molecule has 0 amide bonds. The van der Waals surface area contributed by atoms with Gasteiger partial charge in [0.15, 0.2) is 0 Å². The topological polar surface area (TPSA) is 96.3 Å². The summed E-state index contributed by atoms with van der Waals surface area (Å²) in [4.78, 5) is 18.5. The molecule has 90 valence electrons. The van der Waals surface area contributed by atoms with Crippen LogP contribution in [0.15, 0.2) is 25.3 Å². The summed E-state index contributed by atoms with van der Waals surface area (Å²) in [5.74, 6) is 0. The molecule has 0 spiro atoms. The summed E-state index contributed by atoms with van der Waals surface area (Å²) < 4.78 is 29.9. The molecular formula is C7H13NO6P2+2. The Morgan fingerprint density at radius 1 is 1.12 bits per heavy atom. The zero-order valence-electron chi connectivity index (χ0n) is 8.43. The molecule has 9 heteroatoms. The van der Waals surface area contributed by atoms with Crippen molar-refractivity contribution < 1.29 is 28.0 Å². The molecule has 2 N–H and O–H groups in total. The standard InChI is InChI=1S/C7H11NO6P2/c1-3-5-8(6-4-2)7(13-15(9)10)14-16(11)12/h3-4,7H,1-2,5-6H2/p+2. The molecule has 0 radical (unpaired) electrons. The maximum Gasteiger partial charge on any atom is 0.699 e. The molecule has 0 saturated heterocycles. The summed E-state index contributed by atoms with van der Waals surface area (Å²) >= 11 is 0. The van der Waals surface area contributed by atoms with Crippen LogP contribution in [0.25, 0.3) is 0 Å². The minimum atomic E-state index is -2.95. The molecule has 0 aromatic rings. The van der Waals surface area contributed by atoms with E-state index in [2.05, 4.69) is 22.2 Å². The Morgan fingerprint density at radius 2 is 1.50 bits per heavy atom. The van der Waals surface area contributed by atoms with Crippen molar-refractivity contribution in [3.8, 4) is 0 Å². The van der Waals surface area contributed by atoms with Crippen LogP contribution in [0.5, 0.6) is 0 Å². The van der Waals surface area contributed by atoms with E-state index in [-0.39, 0.29) is 13.1 Å². The van der Waals surface area contributed by atoms with Gasteiger partial charge in [0.25, 0.3) is 0 Å². The molecule has 0 aliphatic carbocycles. The average molecular weight is 269 g/mol. The fourth-order valence-corrected chi connectivity index (χ4v) is 1.61. The molecule has 0 heterocycles. The van der Waals surface area contributed by atoms with Crippen LogP contribution >= 0.6 is 16.5 Å². The minimum absolute atomic E-state index is 0.239. The van der Waals surface area contributed by atoms with Gasteiger partial charge in [-0.05, 0) is 0 Å². The van der Waals surface area contributed by atoms with Gasteiger partial charge < -0.3 is 0 Å². The highest BCUT2D eigenvalue weighted by Gasteiger charge is 2.36. The van der Waals surface area contributed by atoms with E-state index in [0.29, 0.717) is 0 Å². The Morgan fingerprint density at radius 3 is 1.75 bits per heavy atom. The Labute approximate surface area is 94.9 Å². The van der Waals surface area contributed by atoms with Crippen LogP contribution in [0, 0.1) is 0 Å². The quantitative estimate of drug-likeness (QED) is 0.369. The van der Waals surface area contributed by atoms with Gasteiger partial charge in [-0.1, -0.05) is 21.2 Å². The summed E-state index contributed by atoms with van der Waals surface area (Å²) in [6.45, 7) is 7.41. The summed E-state index contributed by atoms with van der Waals surface area (Å²) in [5, 5.41) is 0. The third-order valence-corrected chi connectivity index (χ3v) is 2.11. The van der Waals surface area contributed by atoms with E-state index in [1.807, 2.05) is 0 Å². The molecule has 0 aliphatic heterocycles. The van der Waals surface area contributed by atoms with Gasteiger partial charge in [0, 0.05) is 22.2 Å². The molecule has 0 rings (SSSR count). The third-order valence-electron chi connectivity index (χ3n) is 1.39. The van der Waals surface area contributed by atoms with Gasteiger partial charge >= 0.3 is 22.9 Å². The first-order valence-electron chi connectivity index (χ1n) is 4.13. The molecule has 0 bridgehead atoms. The second-order valence-electron chi connectivity index (χ2n) is 2.52. The van der Waals surface area contributed by atoms with Crippen LogP contribution in [-0.2, 0) is 18.2 Å². The zero-order valence-corrected chi connectivity index (χ0v) is 10.2. The lowest BCUT2D eigenvalue weighted by Gasteiger charge is -2.19. The second-order valence-corrected chi connectivity index (χ2v) is 3.90. The highest BCUT2D eigenvalue weighted by Crippen LogP contribution is 2.27. The van der Waals surface area contributed by atoms with Gasteiger partial charge in [0.05, 0.1) is 0 Å². The average Bonchev–Trinajstić information content (AvgIpc) is 2.15. The molecule has 0 fully saturated rings. The van der Waals surface area contributed by atoms with Gasteiger partial charge in [0.1, 0.15) is 0 Å². The lowest BCUT2D eigenvalue weighted by Crippen LogP contribution is -2.37. The van der Waals surface area contributed by atoms with Crippen molar-refractivity contribution in [3.05, 3.63) is 25.3 Å². The molecule has 0 aromatic carbocycles. The fraction of sp³-hybridized carbons (Fsp3) is 0.429. The Kier molecular flexibility index (Phi) is 8.33. The van der Waals surface area contributed by atoms with Crippen molar-refractivity contribution in [2.45, 2.75) is 6.41 Å². The number of hydrogen-bond acceptors (Lipinski definition) is 5. The highest BCUT2D eigenvalue weighted by atomic mass is 31.1. The molecule has 0 aromatic heterocycles. The van der Waals surface area contributed by atoms with Crippen LogP contribution in [0.2, 0.25) is 0 Å². The smallest absolute Gasteiger partial charge is 0.240 e. The maximum atomic E-state index is 10.5. The van der Waals surface area contributed by atoms with E-state index in [9.17, 15) is 9.13 Å². The monoisotopic (exact) mass is 269 g/mol. The van der Waals surface area contributed by atoms with E-state index >= 15 is 0 Å². The normalized spacial score (nSPS) is 14.4. The lowest BCUT2D eigenvalue weighted by atomic mass is 10.5. The highest BCUT2D eigenvalue weighted by molar-refractivity contribution is 7.32. The maximum absolute atomic E-state index is 10.5. The van der Waals surface area contributed by atoms with E-state index in [4.69, 9.17) is 9.79 Å². The van der Waals surface area contributed by atoms with E-state index in [0.717, 1.165) is 0 Å². The third kappa shape index (κ3) is 6.87. The predicted molar refractivity (Wildman–Crippen MR) is 57.6 cm³/mol. The summed E-state index contributed by atoms with van der Waals surface area (Å²) in [5.41, 5.74) is 0. The van der Waals surface area contributed by atoms with Crippen molar-refractivity contribution in [2.24, 2.45) is 0 Å².